The predicted octanol–water partition coefficient (Wildman–Crippen LogP) is 8.27. The Labute approximate surface area is 192 Å². The lowest BCUT2D eigenvalue weighted by molar-refractivity contribution is 1.19. The second-order valence-electron chi connectivity index (χ2n) is 8.89. The molecule has 0 spiro atoms. The molecule has 0 aliphatic heterocycles. The summed E-state index contributed by atoms with van der Waals surface area (Å²) in [6.45, 7) is 13.7. The van der Waals surface area contributed by atoms with Gasteiger partial charge in [0.15, 0.2) is 0 Å². The Morgan fingerprint density at radius 3 is 1.97 bits per heavy atom. The van der Waals surface area contributed by atoms with E-state index in [9.17, 15) is 0 Å². The number of hydrogen-bond acceptors (Lipinski definition) is 2. The van der Waals surface area contributed by atoms with E-state index in [2.05, 4.69) is 90.1 Å². The highest BCUT2D eigenvalue weighted by Crippen LogP contribution is 2.42. The van der Waals surface area contributed by atoms with Gasteiger partial charge in [0.1, 0.15) is 0 Å². The lowest BCUT2D eigenvalue weighted by Crippen LogP contribution is -2.45. The molecule has 2 aromatic heterocycles. The summed E-state index contributed by atoms with van der Waals surface area (Å²) in [6.07, 6.45) is 1.96. The molecule has 0 aliphatic carbocycles. The number of hydrogen-bond donors (Lipinski definition) is 0. The number of fused-ring (bicyclic) bond motifs is 1. The van der Waals surface area contributed by atoms with Gasteiger partial charge in [0.2, 0.25) is 0 Å². The van der Waals surface area contributed by atoms with Crippen LogP contribution in [0.25, 0.3) is 31.8 Å². The Kier molecular flexibility index (Phi) is 6.18. The maximum Gasteiger partial charge on any atom is 0.0880 e. The number of benzene rings is 2. The Bertz CT molecular complexity index is 1190. The van der Waals surface area contributed by atoms with Gasteiger partial charge in [-0.25, -0.2) is 0 Å². The van der Waals surface area contributed by atoms with Gasteiger partial charge in [-0.1, -0.05) is 85.5 Å². The molecule has 3 heteroatoms. The standard InChI is InChI=1S/C28H33NSSi/c1-7-31(8-2,9-3)24-12-10-22(11-13-24)27-21(6)25-14-15-29-26(28(25)30-27)23-17-19(4)16-20(5)18-23/h10-18H,7-9H2,1-6H3. The molecular formula is C28H33NSSi. The smallest absolute Gasteiger partial charge is 0.0880 e. The fourth-order valence-corrected chi connectivity index (χ4v) is 10.00. The molecule has 31 heavy (non-hydrogen) atoms. The van der Waals surface area contributed by atoms with Crippen molar-refractivity contribution in [3.8, 4) is 21.7 Å². The first-order valence-electron chi connectivity index (χ1n) is 11.5. The molecule has 0 fully saturated rings. The summed E-state index contributed by atoms with van der Waals surface area (Å²) in [6, 6.07) is 22.4. The van der Waals surface area contributed by atoms with E-state index < -0.39 is 8.07 Å². The van der Waals surface area contributed by atoms with E-state index in [-0.39, 0.29) is 0 Å². The van der Waals surface area contributed by atoms with E-state index >= 15 is 0 Å². The van der Waals surface area contributed by atoms with Gasteiger partial charge in [-0.05, 0) is 55.5 Å². The molecule has 2 aromatic carbocycles. The predicted molar refractivity (Wildman–Crippen MR) is 142 cm³/mol. The fraction of sp³-hybridized carbons (Fsp3) is 0.321. The van der Waals surface area contributed by atoms with Crippen LogP contribution in [0.2, 0.25) is 18.1 Å². The van der Waals surface area contributed by atoms with Crippen molar-refractivity contribution in [1.29, 1.82) is 0 Å². The highest BCUT2D eigenvalue weighted by atomic mass is 32.1. The maximum absolute atomic E-state index is 4.80. The third-order valence-electron chi connectivity index (χ3n) is 7.14. The van der Waals surface area contributed by atoms with Gasteiger partial charge >= 0.3 is 0 Å². The molecule has 0 N–H and O–H groups in total. The maximum atomic E-state index is 4.80. The van der Waals surface area contributed by atoms with E-state index in [4.69, 9.17) is 4.98 Å². The number of pyridine rings is 1. The summed E-state index contributed by atoms with van der Waals surface area (Å²) in [5, 5.41) is 2.94. The zero-order chi connectivity index (χ0) is 22.2. The third kappa shape index (κ3) is 3.90. The number of rotatable bonds is 6. The molecule has 0 unspecified atom stereocenters. The highest BCUT2D eigenvalue weighted by Gasteiger charge is 2.29. The summed E-state index contributed by atoms with van der Waals surface area (Å²) >= 11 is 1.89. The molecule has 1 nitrogen and oxygen atoms in total. The average molecular weight is 444 g/mol. The van der Waals surface area contributed by atoms with Gasteiger partial charge < -0.3 is 0 Å². The normalized spacial score (nSPS) is 11.9. The lowest BCUT2D eigenvalue weighted by atomic mass is 10.0. The van der Waals surface area contributed by atoms with E-state index in [0.717, 1.165) is 5.69 Å². The molecule has 0 atom stereocenters. The molecule has 4 aromatic rings. The van der Waals surface area contributed by atoms with Crippen molar-refractivity contribution in [2.45, 2.75) is 59.7 Å². The number of aryl methyl sites for hydroxylation is 3. The topological polar surface area (TPSA) is 12.9 Å². The van der Waals surface area contributed by atoms with Gasteiger partial charge in [-0.15, -0.1) is 11.3 Å². The van der Waals surface area contributed by atoms with Crippen LogP contribution in [0.5, 0.6) is 0 Å². The minimum absolute atomic E-state index is 1.11. The van der Waals surface area contributed by atoms with Crippen molar-refractivity contribution in [3.63, 3.8) is 0 Å². The van der Waals surface area contributed by atoms with Crippen LogP contribution in [-0.2, 0) is 0 Å². The van der Waals surface area contributed by atoms with Crippen molar-refractivity contribution in [2.24, 2.45) is 0 Å². The molecule has 0 saturated heterocycles. The van der Waals surface area contributed by atoms with Crippen LogP contribution in [-0.4, -0.2) is 13.1 Å². The van der Waals surface area contributed by atoms with Gasteiger partial charge in [0.05, 0.1) is 18.5 Å². The summed E-state index contributed by atoms with van der Waals surface area (Å²) in [5.41, 5.74) is 7.60. The van der Waals surface area contributed by atoms with Crippen LogP contribution in [0.15, 0.2) is 54.7 Å². The van der Waals surface area contributed by atoms with E-state index in [1.165, 1.54) is 60.9 Å². The SMILES string of the molecule is CC[Si](CC)(CC)c1ccc(-c2sc3c(-c4cc(C)cc(C)c4)nccc3c2C)cc1. The van der Waals surface area contributed by atoms with Crippen LogP contribution >= 0.6 is 11.3 Å². The van der Waals surface area contributed by atoms with Crippen molar-refractivity contribution in [1.82, 2.24) is 4.98 Å². The quantitative estimate of drug-likeness (QED) is 0.273. The molecule has 2 heterocycles. The van der Waals surface area contributed by atoms with Gasteiger partial charge in [-0.2, -0.15) is 0 Å². The first kappa shape index (κ1) is 22.0. The summed E-state index contributed by atoms with van der Waals surface area (Å²) in [5.74, 6) is 0. The second-order valence-corrected chi connectivity index (χ2v) is 15.2. The minimum Gasteiger partial charge on any atom is -0.255 e. The molecule has 160 valence electrons. The monoisotopic (exact) mass is 443 g/mol. The van der Waals surface area contributed by atoms with Crippen LogP contribution in [0.3, 0.4) is 0 Å². The minimum atomic E-state index is -1.33. The Morgan fingerprint density at radius 2 is 1.39 bits per heavy atom. The molecule has 0 saturated carbocycles. The van der Waals surface area contributed by atoms with Crippen LogP contribution in [0.4, 0.5) is 0 Å². The van der Waals surface area contributed by atoms with E-state index in [1.54, 1.807) is 5.19 Å². The third-order valence-corrected chi connectivity index (χ3v) is 14.1. The Morgan fingerprint density at radius 1 is 0.774 bits per heavy atom. The summed E-state index contributed by atoms with van der Waals surface area (Å²) < 4.78 is 1.29. The molecular weight excluding hydrogens is 410 g/mol. The Balaban J connectivity index is 1.82. The number of nitrogens with zero attached hydrogens (tertiary/aromatic N) is 1. The number of aromatic nitrogens is 1. The van der Waals surface area contributed by atoms with Crippen LogP contribution < -0.4 is 5.19 Å². The fourth-order valence-electron chi connectivity index (χ4n) is 5.08. The van der Waals surface area contributed by atoms with E-state index in [1.807, 2.05) is 17.5 Å². The molecule has 0 bridgehead atoms. The molecule has 0 amide bonds. The number of thiophene rings is 1. The van der Waals surface area contributed by atoms with Crippen molar-refractivity contribution in [3.05, 3.63) is 71.4 Å². The first-order valence-corrected chi connectivity index (χ1v) is 14.9. The average Bonchev–Trinajstić information content (AvgIpc) is 3.12. The largest absolute Gasteiger partial charge is 0.255 e. The summed E-state index contributed by atoms with van der Waals surface area (Å²) in [4.78, 5) is 6.18. The first-order chi connectivity index (χ1) is 14.9. The highest BCUT2D eigenvalue weighted by molar-refractivity contribution is 7.23. The van der Waals surface area contributed by atoms with Gasteiger partial charge in [-0.3, -0.25) is 4.98 Å². The second kappa shape index (κ2) is 8.72. The molecule has 0 aliphatic rings. The zero-order valence-electron chi connectivity index (χ0n) is 19.7. The molecule has 4 rings (SSSR count). The lowest BCUT2D eigenvalue weighted by Gasteiger charge is -2.28. The van der Waals surface area contributed by atoms with Crippen molar-refractivity contribution < 1.29 is 0 Å². The van der Waals surface area contributed by atoms with Crippen LogP contribution in [0, 0.1) is 20.8 Å². The van der Waals surface area contributed by atoms with Crippen LogP contribution in [0.1, 0.15) is 37.5 Å². The van der Waals surface area contributed by atoms with E-state index in [0.29, 0.717) is 0 Å². The van der Waals surface area contributed by atoms with Crippen molar-refractivity contribution >= 4 is 34.7 Å². The van der Waals surface area contributed by atoms with Crippen molar-refractivity contribution in [2.75, 3.05) is 0 Å². The van der Waals surface area contributed by atoms with Gasteiger partial charge in [0, 0.05) is 16.6 Å². The van der Waals surface area contributed by atoms with Gasteiger partial charge in [0.25, 0.3) is 0 Å². The zero-order valence-corrected chi connectivity index (χ0v) is 21.5. The molecule has 0 radical (unpaired) electrons. The summed E-state index contributed by atoms with van der Waals surface area (Å²) in [7, 11) is -1.33. The Hall–Kier alpha value is -2.23.